The number of rotatable bonds is 2. The zero-order valence-electron chi connectivity index (χ0n) is 11.4. The van der Waals surface area contributed by atoms with Crippen molar-refractivity contribution < 1.29 is 4.79 Å². The minimum absolute atomic E-state index is 0.145. The summed E-state index contributed by atoms with van der Waals surface area (Å²) < 4.78 is 0.924. The second kappa shape index (κ2) is 5.91. The highest BCUT2D eigenvalue weighted by molar-refractivity contribution is 9.11. The maximum Gasteiger partial charge on any atom is 0.266 e. The first kappa shape index (κ1) is 14.8. The predicted molar refractivity (Wildman–Crippen MR) is 90.2 cm³/mol. The zero-order chi connectivity index (χ0) is 15.0. The van der Waals surface area contributed by atoms with Gasteiger partial charge in [-0.25, -0.2) is 0 Å². The van der Waals surface area contributed by atoms with Crippen LogP contribution in [-0.2, 0) is 12.8 Å². The Morgan fingerprint density at radius 2 is 2.29 bits per heavy atom. The molecule has 2 heterocycles. The number of thiophene rings is 2. The fraction of sp³-hybridized carbons (Fsp3) is 0.333. The molecule has 0 aromatic carbocycles. The largest absolute Gasteiger partial charge is 0.312 e. The van der Waals surface area contributed by atoms with Crippen molar-refractivity contribution in [3.8, 4) is 6.07 Å². The van der Waals surface area contributed by atoms with Crippen LogP contribution in [0.4, 0.5) is 5.00 Å². The van der Waals surface area contributed by atoms with E-state index in [2.05, 4.69) is 34.2 Å². The number of nitrogens with zero attached hydrogens (tertiary/aromatic N) is 1. The molecule has 21 heavy (non-hydrogen) atoms. The zero-order valence-corrected chi connectivity index (χ0v) is 14.6. The number of hydrogen-bond acceptors (Lipinski definition) is 4. The van der Waals surface area contributed by atoms with E-state index in [1.165, 1.54) is 16.2 Å². The van der Waals surface area contributed by atoms with E-state index in [1.807, 2.05) is 6.07 Å². The maximum absolute atomic E-state index is 12.2. The molecule has 0 fully saturated rings. The van der Waals surface area contributed by atoms with Gasteiger partial charge in [0.05, 0.1) is 14.2 Å². The second-order valence-corrected chi connectivity index (χ2v) is 8.79. The second-order valence-electron chi connectivity index (χ2n) is 5.23. The Morgan fingerprint density at radius 3 is 2.95 bits per heavy atom. The number of halogens is 1. The van der Waals surface area contributed by atoms with E-state index < -0.39 is 0 Å². The van der Waals surface area contributed by atoms with Gasteiger partial charge in [-0.1, -0.05) is 6.92 Å². The van der Waals surface area contributed by atoms with Crippen molar-refractivity contribution in [3.05, 3.63) is 36.8 Å². The van der Waals surface area contributed by atoms with E-state index in [4.69, 9.17) is 0 Å². The summed E-state index contributed by atoms with van der Waals surface area (Å²) in [7, 11) is 0. The molecule has 2 aromatic heterocycles. The summed E-state index contributed by atoms with van der Waals surface area (Å²) in [4.78, 5) is 14.1. The van der Waals surface area contributed by atoms with Gasteiger partial charge >= 0.3 is 0 Å². The van der Waals surface area contributed by atoms with Gasteiger partial charge in [0, 0.05) is 4.88 Å². The number of aryl methyl sites for hydroxylation is 1. The number of fused-ring (bicyclic) bond motifs is 1. The Bertz CT molecular complexity index is 741. The van der Waals surface area contributed by atoms with Crippen molar-refractivity contribution in [1.82, 2.24) is 0 Å². The smallest absolute Gasteiger partial charge is 0.266 e. The van der Waals surface area contributed by atoms with Gasteiger partial charge in [0.25, 0.3) is 5.91 Å². The van der Waals surface area contributed by atoms with Crippen LogP contribution in [-0.4, -0.2) is 5.91 Å². The molecule has 0 aliphatic heterocycles. The summed E-state index contributed by atoms with van der Waals surface area (Å²) in [5.74, 6) is 0.463. The monoisotopic (exact) mass is 380 g/mol. The van der Waals surface area contributed by atoms with Gasteiger partial charge in [-0.15, -0.1) is 22.7 Å². The summed E-state index contributed by atoms with van der Waals surface area (Å²) in [6, 6.07) is 5.91. The van der Waals surface area contributed by atoms with Crippen LogP contribution in [0.3, 0.4) is 0 Å². The third kappa shape index (κ3) is 2.91. The standard InChI is InChI=1S/C15H13BrN2OS2/c1-8-2-3-11-9(6-8)10(7-17)15(21-11)18-14(19)12-4-5-13(16)20-12/h4-5,8H,2-3,6H2,1H3,(H,18,19). The van der Waals surface area contributed by atoms with E-state index in [-0.39, 0.29) is 5.91 Å². The molecule has 3 nitrogen and oxygen atoms in total. The molecule has 1 N–H and O–H groups in total. The van der Waals surface area contributed by atoms with Gasteiger partial charge < -0.3 is 5.32 Å². The summed E-state index contributed by atoms with van der Waals surface area (Å²) >= 11 is 6.30. The molecule has 1 aliphatic carbocycles. The summed E-state index contributed by atoms with van der Waals surface area (Å²) in [5, 5.41) is 13.0. The lowest BCUT2D eigenvalue weighted by molar-refractivity contribution is 0.103. The first-order chi connectivity index (χ1) is 10.1. The van der Waals surface area contributed by atoms with Gasteiger partial charge in [-0.2, -0.15) is 5.26 Å². The van der Waals surface area contributed by atoms with Gasteiger partial charge in [-0.3, -0.25) is 4.79 Å². The molecule has 1 atom stereocenters. The van der Waals surface area contributed by atoms with Crippen molar-refractivity contribution in [1.29, 1.82) is 5.26 Å². The van der Waals surface area contributed by atoms with Crippen LogP contribution in [0, 0.1) is 17.2 Å². The molecule has 0 bridgehead atoms. The number of anilines is 1. The normalized spacial score (nSPS) is 17.1. The molecule has 1 amide bonds. The highest BCUT2D eigenvalue weighted by Crippen LogP contribution is 2.39. The van der Waals surface area contributed by atoms with Crippen LogP contribution < -0.4 is 5.32 Å². The number of nitrogens with one attached hydrogen (secondary N) is 1. The van der Waals surface area contributed by atoms with Crippen molar-refractivity contribution >= 4 is 49.5 Å². The van der Waals surface area contributed by atoms with Crippen LogP contribution in [0.1, 0.15) is 39.0 Å². The van der Waals surface area contributed by atoms with Crippen LogP contribution in [0.2, 0.25) is 0 Å². The number of nitriles is 1. The van der Waals surface area contributed by atoms with E-state index in [9.17, 15) is 10.1 Å². The number of amides is 1. The molecule has 0 radical (unpaired) electrons. The SMILES string of the molecule is CC1CCc2sc(NC(=O)c3ccc(Br)s3)c(C#N)c2C1. The third-order valence-corrected chi connectivity index (χ3v) is 6.47. The molecule has 0 saturated heterocycles. The molecule has 0 spiro atoms. The summed E-state index contributed by atoms with van der Waals surface area (Å²) in [6.45, 7) is 2.21. The lowest BCUT2D eigenvalue weighted by Gasteiger charge is -2.17. The Hall–Kier alpha value is -1.16. The number of carbonyl (C=O) groups excluding carboxylic acids is 1. The van der Waals surface area contributed by atoms with Crippen molar-refractivity contribution in [2.75, 3.05) is 5.32 Å². The van der Waals surface area contributed by atoms with Gasteiger partial charge in [-0.05, 0) is 58.8 Å². The Morgan fingerprint density at radius 1 is 1.48 bits per heavy atom. The Labute approximate surface area is 139 Å². The number of carbonyl (C=O) groups is 1. The molecular weight excluding hydrogens is 368 g/mol. The molecule has 1 unspecified atom stereocenters. The van der Waals surface area contributed by atoms with E-state index >= 15 is 0 Å². The molecule has 3 rings (SSSR count). The average Bonchev–Trinajstić information content (AvgIpc) is 3.02. The predicted octanol–water partition coefficient (Wildman–Crippen LogP) is 4.82. The highest BCUT2D eigenvalue weighted by Gasteiger charge is 2.25. The Kier molecular flexibility index (Phi) is 4.16. The van der Waals surface area contributed by atoms with Crippen molar-refractivity contribution in [2.24, 2.45) is 5.92 Å². The van der Waals surface area contributed by atoms with Crippen LogP contribution in [0.15, 0.2) is 15.9 Å². The molecule has 108 valence electrons. The van der Waals surface area contributed by atoms with E-state index in [0.29, 0.717) is 21.4 Å². The third-order valence-electron chi connectivity index (χ3n) is 3.64. The van der Waals surface area contributed by atoms with Gasteiger partial charge in [0.15, 0.2) is 0 Å². The highest BCUT2D eigenvalue weighted by atomic mass is 79.9. The van der Waals surface area contributed by atoms with Crippen molar-refractivity contribution in [3.63, 3.8) is 0 Å². The maximum atomic E-state index is 12.2. The lowest BCUT2D eigenvalue weighted by Crippen LogP contribution is -2.11. The minimum Gasteiger partial charge on any atom is -0.312 e. The fourth-order valence-electron chi connectivity index (χ4n) is 2.57. The van der Waals surface area contributed by atoms with Crippen LogP contribution >= 0.6 is 38.6 Å². The van der Waals surface area contributed by atoms with Gasteiger partial charge in [0.2, 0.25) is 0 Å². The molecule has 0 saturated carbocycles. The quantitative estimate of drug-likeness (QED) is 0.811. The van der Waals surface area contributed by atoms with E-state index in [1.54, 1.807) is 17.4 Å². The summed E-state index contributed by atoms with van der Waals surface area (Å²) in [5.41, 5.74) is 1.80. The first-order valence-corrected chi connectivity index (χ1v) is 9.12. The van der Waals surface area contributed by atoms with Gasteiger partial charge in [0.1, 0.15) is 11.1 Å². The minimum atomic E-state index is -0.145. The lowest BCUT2D eigenvalue weighted by atomic mass is 9.88. The Balaban J connectivity index is 1.89. The van der Waals surface area contributed by atoms with E-state index in [0.717, 1.165) is 28.6 Å². The van der Waals surface area contributed by atoms with Crippen LogP contribution in [0.25, 0.3) is 0 Å². The molecular formula is C15H13BrN2OS2. The molecule has 6 heteroatoms. The van der Waals surface area contributed by atoms with Crippen LogP contribution in [0.5, 0.6) is 0 Å². The first-order valence-electron chi connectivity index (χ1n) is 6.69. The molecule has 2 aromatic rings. The average molecular weight is 381 g/mol. The topological polar surface area (TPSA) is 52.9 Å². The van der Waals surface area contributed by atoms with Crippen molar-refractivity contribution in [2.45, 2.75) is 26.2 Å². The molecule has 1 aliphatic rings. The summed E-state index contributed by atoms with van der Waals surface area (Å²) in [6.07, 6.45) is 3.11. The fourth-order valence-corrected chi connectivity index (χ4v) is 5.04. The number of hydrogen-bond donors (Lipinski definition) is 1.